The molecule has 3 aromatic rings. The average Bonchev–Trinajstić information content (AvgIpc) is 2.80. The summed E-state index contributed by atoms with van der Waals surface area (Å²) in [6, 6.07) is 24.2. The van der Waals surface area contributed by atoms with Gasteiger partial charge in [0.1, 0.15) is 0 Å². The summed E-state index contributed by atoms with van der Waals surface area (Å²) in [4.78, 5) is 10.4. The molecule has 0 fully saturated rings. The van der Waals surface area contributed by atoms with Gasteiger partial charge in [0.05, 0.1) is 15.5 Å². The molecule has 0 N–H and O–H groups in total. The van der Waals surface area contributed by atoms with E-state index >= 15 is 0 Å². The average molecular weight is 419 g/mol. The van der Waals surface area contributed by atoms with Crippen molar-refractivity contribution in [1.29, 1.82) is 0 Å². The van der Waals surface area contributed by atoms with Crippen LogP contribution in [-0.2, 0) is 10.0 Å². The number of nitro groups is 1. The smallest absolute Gasteiger partial charge is 0.266 e. The Balaban J connectivity index is 1.77. The van der Waals surface area contributed by atoms with E-state index in [1.54, 1.807) is 0 Å². The van der Waals surface area contributed by atoms with E-state index in [9.17, 15) is 18.5 Å². The number of non-ortho nitro benzene ring substituents is 1. The minimum atomic E-state index is -3.90. The largest absolute Gasteiger partial charge is 0.269 e. The van der Waals surface area contributed by atoms with Gasteiger partial charge in [0.2, 0.25) is 0 Å². The normalized spacial score (nSPS) is 16.7. The zero-order chi connectivity index (χ0) is 21.1. The molecule has 1 aliphatic heterocycles. The quantitative estimate of drug-likeness (QED) is 0.446. The zero-order valence-electron chi connectivity index (χ0n) is 16.0. The molecule has 1 unspecified atom stereocenters. The first-order chi connectivity index (χ1) is 14.5. The molecule has 0 aliphatic carbocycles. The van der Waals surface area contributed by atoms with Gasteiger partial charge in [-0.05, 0) is 29.7 Å². The van der Waals surface area contributed by atoms with Gasteiger partial charge in [-0.25, -0.2) is 8.42 Å². The summed E-state index contributed by atoms with van der Waals surface area (Å²) in [7, 11) is -3.90. The van der Waals surface area contributed by atoms with Crippen molar-refractivity contribution >= 4 is 21.4 Å². The standard InChI is InChI=1S/C23H19N2O4S/c26-25(27)21-11-13-22(14-12-21)30(28,29)24-16-15-20(18-7-3-1-4-8-18)17-23(24)19-9-5-2-6-10-19/h1-15,17,20H,16H2. The lowest BCUT2D eigenvalue weighted by Gasteiger charge is -2.33. The van der Waals surface area contributed by atoms with Gasteiger partial charge in [-0.1, -0.05) is 66.7 Å². The van der Waals surface area contributed by atoms with Crippen molar-refractivity contribution in [3.05, 3.63) is 119 Å². The summed E-state index contributed by atoms with van der Waals surface area (Å²) in [6.07, 6.45) is 3.89. The van der Waals surface area contributed by atoms with Crippen LogP contribution in [0.15, 0.2) is 95.9 Å². The number of sulfonamides is 1. The van der Waals surface area contributed by atoms with Gasteiger partial charge >= 0.3 is 0 Å². The van der Waals surface area contributed by atoms with Crippen molar-refractivity contribution in [3.8, 4) is 0 Å². The maximum Gasteiger partial charge on any atom is 0.269 e. The van der Waals surface area contributed by atoms with E-state index in [0.29, 0.717) is 5.70 Å². The molecule has 0 saturated carbocycles. The van der Waals surface area contributed by atoms with Gasteiger partial charge < -0.3 is 0 Å². The SMILES string of the molecule is O=[N+]([O-])c1ccc(S(=O)(=O)N2C[CH]C(c3ccccc3)C=C2c2ccccc2)cc1. The van der Waals surface area contributed by atoms with Gasteiger partial charge in [0, 0.05) is 24.6 Å². The second kappa shape index (κ2) is 8.12. The Bertz CT molecular complexity index is 1170. The van der Waals surface area contributed by atoms with Crippen molar-refractivity contribution in [2.45, 2.75) is 10.8 Å². The summed E-state index contributed by atoms with van der Waals surface area (Å²) >= 11 is 0. The molecule has 4 rings (SSSR count). The molecule has 3 aromatic carbocycles. The third kappa shape index (κ3) is 3.84. The molecular weight excluding hydrogens is 400 g/mol. The number of allylic oxidation sites excluding steroid dienone is 1. The lowest BCUT2D eigenvalue weighted by Crippen LogP contribution is -2.34. The molecule has 7 heteroatoms. The van der Waals surface area contributed by atoms with E-state index in [2.05, 4.69) is 0 Å². The van der Waals surface area contributed by atoms with Crippen molar-refractivity contribution in [3.63, 3.8) is 0 Å². The van der Waals surface area contributed by atoms with Gasteiger partial charge in [-0.2, -0.15) is 0 Å². The predicted octanol–water partition coefficient (Wildman–Crippen LogP) is 4.63. The summed E-state index contributed by atoms with van der Waals surface area (Å²) in [5.74, 6) is -0.0234. The number of hydrogen-bond donors (Lipinski definition) is 0. The summed E-state index contributed by atoms with van der Waals surface area (Å²) in [5, 5.41) is 10.9. The fourth-order valence-corrected chi connectivity index (χ4v) is 4.92. The monoisotopic (exact) mass is 419 g/mol. The topological polar surface area (TPSA) is 80.5 Å². The molecule has 0 aromatic heterocycles. The minimum Gasteiger partial charge on any atom is -0.266 e. The van der Waals surface area contributed by atoms with E-state index in [1.807, 2.05) is 73.2 Å². The predicted molar refractivity (Wildman–Crippen MR) is 115 cm³/mol. The van der Waals surface area contributed by atoms with Crippen LogP contribution in [-0.4, -0.2) is 24.2 Å². The van der Waals surface area contributed by atoms with Gasteiger partial charge in [-0.15, -0.1) is 0 Å². The highest BCUT2D eigenvalue weighted by molar-refractivity contribution is 7.89. The van der Waals surface area contributed by atoms with E-state index < -0.39 is 14.9 Å². The van der Waals surface area contributed by atoms with Gasteiger partial charge in [0.25, 0.3) is 15.7 Å². The summed E-state index contributed by atoms with van der Waals surface area (Å²) in [5.41, 5.74) is 2.31. The van der Waals surface area contributed by atoms with Crippen LogP contribution < -0.4 is 0 Å². The highest BCUT2D eigenvalue weighted by Crippen LogP contribution is 2.36. The Labute approximate surface area is 175 Å². The Morgan fingerprint density at radius 2 is 1.47 bits per heavy atom. The molecule has 6 nitrogen and oxygen atoms in total. The van der Waals surface area contributed by atoms with Crippen LogP contribution in [0.2, 0.25) is 0 Å². The lowest BCUT2D eigenvalue weighted by molar-refractivity contribution is -0.384. The van der Waals surface area contributed by atoms with E-state index in [1.165, 1.54) is 28.6 Å². The van der Waals surface area contributed by atoms with E-state index in [-0.39, 0.29) is 23.0 Å². The molecule has 0 saturated heterocycles. The Hall–Kier alpha value is -3.45. The molecule has 0 bridgehead atoms. The van der Waals surface area contributed by atoms with Crippen LogP contribution in [0, 0.1) is 16.5 Å². The molecule has 1 radical (unpaired) electrons. The summed E-state index contributed by atoms with van der Waals surface area (Å²) in [6.45, 7) is 0.194. The first-order valence-electron chi connectivity index (χ1n) is 9.39. The number of benzene rings is 3. The first kappa shape index (κ1) is 19.8. The third-order valence-corrected chi connectivity index (χ3v) is 6.81. The summed E-state index contributed by atoms with van der Waals surface area (Å²) < 4.78 is 28.1. The Morgan fingerprint density at radius 1 is 0.867 bits per heavy atom. The maximum absolute atomic E-state index is 13.4. The van der Waals surface area contributed by atoms with E-state index in [4.69, 9.17) is 0 Å². The molecule has 1 heterocycles. The van der Waals surface area contributed by atoms with Crippen LogP contribution in [0.4, 0.5) is 5.69 Å². The highest BCUT2D eigenvalue weighted by Gasteiger charge is 2.32. The minimum absolute atomic E-state index is 0.0153. The fraction of sp³-hybridized carbons (Fsp3) is 0.0870. The van der Waals surface area contributed by atoms with Crippen LogP contribution in [0.5, 0.6) is 0 Å². The van der Waals surface area contributed by atoms with Crippen molar-refractivity contribution < 1.29 is 13.3 Å². The molecule has 1 aliphatic rings. The third-order valence-electron chi connectivity index (χ3n) is 5.02. The van der Waals surface area contributed by atoms with Crippen LogP contribution in [0.1, 0.15) is 17.0 Å². The number of rotatable bonds is 5. The molecule has 1 atom stereocenters. The second-order valence-corrected chi connectivity index (χ2v) is 8.74. The van der Waals surface area contributed by atoms with Crippen molar-refractivity contribution in [2.24, 2.45) is 0 Å². The first-order valence-corrected chi connectivity index (χ1v) is 10.8. The molecular formula is C23H19N2O4S. The van der Waals surface area contributed by atoms with Crippen LogP contribution in [0.3, 0.4) is 0 Å². The Morgan fingerprint density at radius 3 is 2.07 bits per heavy atom. The molecule has 0 spiro atoms. The van der Waals surface area contributed by atoms with Crippen molar-refractivity contribution in [2.75, 3.05) is 6.54 Å². The van der Waals surface area contributed by atoms with E-state index in [0.717, 1.165) is 11.1 Å². The number of hydrogen-bond acceptors (Lipinski definition) is 4. The lowest BCUT2D eigenvalue weighted by atomic mass is 9.91. The van der Waals surface area contributed by atoms with Crippen LogP contribution in [0.25, 0.3) is 5.70 Å². The number of nitro benzene ring substituents is 1. The highest BCUT2D eigenvalue weighted by atomic mass is 32.2. The van der Waals surface area contributed by atoms with Gasteiger partial charge in [0.15, 0.2) is 0 Å². The molecule has 151 valence electrons. The maximum atomic E-state index is 13.4. The van der Waals surface area contributed by atoms with Gasteiger partial charge in [-0.3, -0.25) is 14.4 Å². The fourth-order valence-electron chi connectivity index (χ4n) is 3.48. The number of nitrogens with zero attached hydrogens (tertiary/aromatic N) is 2. The molecule has 0 amide bonds. The van der Waals surface area contributed by atoms with Crippen molar-refractivity contribution in [1.82, 2.24) is 4.31 Å². The van der Waals surface area contributed by atoms with Crippen LogP contribution >= 0.6 is 0 Å². The zero-order valence-corrected chi connectivity index (χ0v) is 16.8. The second-order valence-electron chi connectivity index (χ2n) is 6.88. The molecule has 30 heavy (non-hydrogen) atoms. The Kier molecular flexibility index (Phi) is 5.37.